The Labute approximate surface area is 128 Å². The van der Waals surface area contributed by atoms with E-state index in [1.807, 2.05) is 12.1 Å². The summed E-state index contributed by atoms with van der Waals surface area (Å²) in [5.41, 5.74) is 9.11. The Kier molecular flexibility index (Phi) is 3.37. The van der Waals surface area contributed by atoms with Crippen LogP contribution in [-0.2, 0) is 6.54 Å². The second-order valence-corrected chi connectivity index (χ2v) is 6.19. The second-order valence-electron chi connectivity index (χ2n) is 4.48. The number of halogens is 2. The minimum Gasteiger partial charge on any atom is -0.398 e. The smallest absolute Gasteiger partial charge is 0.0495 e. The van der Waals surface area contributed by atoms with E-state index in [1.165, 1.54) is 16.5 Å². The SMILES string of the molecule is Nc1cc(Cn2cc(Br)c3ccccc32)ccc1Br. The molecule has 0 amide bonds. The Bertz CT molecular complexity index is 747. The summed E-state index contributed by atoms with van der Waals surface area (Å²) in [5.74, 6) is 0. The fraction of sp³-hybridized carbons (Fsp3) is 0.0667. The molecule has 0 aliphatic heterocycles. The first kappa shape index (κ1) is 12.8. The third-order valence-electron chi connectivity index (χ3n) is 3.15. The lowest BCUT2D eigenvalue weighted by molar-refractivity contribution is 0.835. The van der Waals surface area contributed by atoms with Gasteiger partial charge in [-0.25, -0.2) is 0 Å². The van der Waals surface area contributed by atoms with Crippen molar-refractivity contribution in [3.05, 3.63) is 63.2 Å². The Morgan fingerprint density at radius 1 is 1.00 bits per heavy atom. The number of benzene rings is 2. The molecule has 0 aliphatic carbocycles. The van der Waals surface area contributed by atoms with E-state index < -0.39 is 0 Å². The van der Waals surface area contributed by atoms with Crippen LogP contribution in [0.2, 0.25) is 0 Å². The standard InChI is InChI=1S/C15H12Br2N2/c16-12-6-5-10(7-14(12)18)8-19-9-13(17)11-3-1-2-4-15(11)19/h1-7,9H,8,18H2. The molecule has 0 radical (unpaired) electrons. The highest BCUT2D eigenvalue weighted by atomic mass is 79.9. The summed E-state index contributed by atoms with van der Waals surface area (Å²) >= 11 is 7.02. The lowest BCUT2D eigenvalue weighted by atomic mass is 10.2. The number of hydrogen-bond acceptors (Lipinski definition) is 1. The van der Waals surface area contributed by atoms with Crippen LogP contribution < -0.4 is 5.73 Å². The second kappa shape index (κ2) is 5.02. The molecule has 2 aromatic carbocycles. The summed E-state index contributed by atoms with van der Waals surface area (Å²) in [6.45, 7) is 0.809. The molecule has 0 saturated heterocycles. The first-order valence-corrected chi connectivity index (χ1v) is 7.51. The third-order valence-corrected chi connectivity index (χ3v) is 4.51. The van der Waals surface area contributed by atoms with Crippen molar-refractivity contribution in [1.29, 1.82) is 0 Å². The highest BCUT2D eigenvalue weighted by molar-refractivity contribution is 9.11. The van der Waals surface area contributed by atoms with E-state index in [0.717, 1.165) is 21.2 Å². The first-order chi connectivity index (χ1) is 9.15. The normalized spacial score (nSPS) is 11.1. The van der Waals surface area contributed by atoms with E-state index >= 15 is 0 Å². The van der Waals surface area contributed by atoms with Crippen molar-refractivity contribution in [1.82, 2.24) is 4.57 Å². The van der Waals surface area contributed by atoms with Gasteiger partial charge in [0, 0.05) is 38.3 Å². The van der Waals surface area contributed by atoms with Gasteiger partial charge in [-0.15, -0.1) is 0 Å². The van der Waals surface area contributed by atoms with Gasteiger partial charge in [-0.1, -0.05) is 24.3 Å². The number of nitrogen functional groups attached to an aromatic ring is 1. The van der Waals surface area contributed by atoms with Gasteiger partial charge in [0.2, 0.25) is 0 Å². The molecule has 1 heterocycles. The largest absolute Gasteiger partial charge is 0.398 e. The number of rotatable bonds is 2. The van der Waals surface area contributed by atoms with Gasteiger partial charge < -0.3 is 10.3 Å². The quantitative estimate of drug-likeness (QED) is 0.637. The van der Waals surface area contributed by atoms with Gasteiger partial charge in [0.05, 0.1) is 0 Å². The van der Waals surface area contributed by atoms with E-state index in [4.69, 9.17) is 5.73 Å². The van der Waals surface area contributed by atoms with E-state index in [0.29, 0.717) is 0 Å². The van der Waals surface area contributed by atoms with Crippen LogP contribution in [0.5, 0.6) is 0 Å². The highest BCUT2D eigenvalue weighted by Crippen LogP contribution is 2.27. The van der Waals surface area contributed by atoms with Crippen LogP contribution in [0.4, 0.5) is 5.69 Å². The van der Waals surface area contributed by atoms with Crippen molar-refractivity contribution in [3.8, 4) is 0 Å². The first-order valence-electron chi connectivity index (χ1n) is 5.92. The predicted molar refractivity (Wildman–Crippen MR) is 87.3 cm³/mol. The molecule has 0 fully saturated rings. The molecule has 3 rings (SSSR count). The van der Waals surface area contributed by atoms with Crippen LogP contribution >= 0.6 is 31.9 Å². The van der Waals surface area contributed by atoms with Gasteiger partial charge in [-0.05, 0) is 55.6 Å². The van der Waals surface area contributed by atoms with E-state index in [1.54, 1.807) is 0 Å². The summed E-state index contributed by atoms with van der Waals surface area (Å²) < 4.78 is 4.28. The van der Waals surface area contributed by atoms with Gasteiger partial charge in [0.1, 0.15) is 0 Å². The number of hydrogen-bond donors (Lipinski definition) is 1. The molecule has 19 heavy (non-hydrogen) atoms. The van der Waals surface area contributed by atoms with E-state index in [2.05, 4.69) is 73.0 Å². The lowest BCUT2D eigenvalue weighted by Crippen LogP contribution is -1.99. The van der Waals surface area contributed by atoms with Gasteiger partial charge in [-0.3, -0.25) is 0 Å². The molecule has 4 heteroatoms. The minimum absolute atomic E-state index is 0.771. The van der Waals surface area contributed by atoms with Gasteiger partial charge in [-0.2, -0.15) is 0 Å². The average molecular weight is 380 g/mol. The molecule has 0 unspecified atom stereocenters. The van der Waals surface area contributed by atoms with Crippen molar-refractivity contribution in [3.63, 3.8) is 0 Å². The zero-order chi connectivity index (χ0) is 13.4. The summed E-state index contributed by atoms with van der Waals surface area (Å²) in [5, 5.41) is 1.23. The Morgan fingerprint density at radius 2 is 1.79 bits per heavy atom. The maximum atomic E-state index is 5.93. The molecule has 3 aromatic rings. The zero-order valence-corrected chi connectivity index (χ0v) is 13.3. The fourth-order valence-electron chi connectivity index (χ4n) is 2.22. The maximum absolute atomic E-state index is 5.93. The van der Waals surface area contributed by atoms with Crippen molar-refractivity contribution >= 4 is 48.5 Å². The number of fused-ring (bicyclic) bond motifs is 1. The van der Waals surface area contributed by atoms with Crippen LogP contribution in [0.1, 0.15) is 5.56 Å². The molecule has 2 nitrogen and oxygen atoms in total. The van der Waals surface area contributed by atoms with Crippen molar-refractivity contribution in [2.45, 2.75) is 6.54 Å². The Hall–Kier alpha value is -1.26. The molecule has 0 saturated carbocycles. The fourth-order valence-corrected chi connectivity index (χ4v) is 3.05. The maximum Gasteiger partial charge on any atom is 0.0495 e. The molecule has 0 atom stereocenters. The molecule has 1 aromatic heterocycles. The summed E-state index contributed by atoms with van der Waals surface area (Å²) in [4.78, 5) is 0. The molecular formula is C15H12Br2N2. The van der Waals surface area contributed by atoms with Gasteiger partial charge in [0.25, 0.3) is 0 Å². The number of para-hydroxylation sites is 1. The summed E-state index contributed by atoms with van der Waals surface area (Å²) in [6.07, 6.45) is 2.11. The van der Waals surface area contributed by atoms with Crippen LogP contribution in [0.25, 0.3) is 10.9 Å². The number of anilines is 1. The monoisotopic (exact) mass is 378 g/mol. The Balaban J connectivity index is 2.03. The summed E-state index contributed by atoms with van der Waals surface area (Å²) in [7, 11) is 0. The molecule has 0 spiro atoms. The van der Waals surface area contributed by atoms with E-state index in [-0.39, 0.29) is 0 Å². The van der Waals surface area contributed by atoms with Crippen LogP contribution in [0.15, 0.2) is 57.6 Å². The number of nitrogens with two attached hydrogens (primary N) is 1. The van der Waals surface area contributed by atoms with Crippen LogP contribution in [0, 0.1) is 0 Å². The highest BCUT2D eigenvalue weighted by Gasteiger charge is 2.06. The zero-order valence-electron chi connectivity index (χ0n) is 10.1. The van der Waals surface area contributed by atoms with Crippen LogP contribution in [-0.4, -0.2) is 4.57 Å². The van der Waals surface area contributed by atoms with Crippen LogP contribution in [0.3, 0.4) is 0 Å². The lowest BCUT2D eigenvalue weighted by Gasteiger charge is -2.07. The van der Waals surface area contributed by atoms with E-state index in [9.17, 15) is 0 Å². The molecule has 2 N–H and O–H groups in total. The average Bonchev–Trinajstić information content (AvgIpc) is 2.72. The Morgan fingerprint density at radius 3 is 2.58 bits per heavy atom. The third kappa shape index (κ3) is 2.42. The molecule has 96 valence electrons. The van der Waals surface area contributed by atoms with Crippen molar-refractivity contribution in [2.24, 2.45) is 0 Å². The number of aromatic nitrogens is 1. The molecule has 0 bridgehead atoms. The van der Waals surface area contributed by atoms with Gasteiger partial charge >= 0.3 is 0 Å². The van der Waals surface area contributed by atoms with Crippen molar-refractivity contribution < 1.29 is 0 Å². The molecule has 0 aliphatic rings. The summed E-state index contributed by atoms with van der Waals surface area (Å²) in [6, 6.07) is 14.4. The topological polar surface area (TPSA) is 30.9 Å². The molecular weight excluding hydrogens is 368 g/mol. The predicted octanol–water partition coefficient (Wildman–Crippen LogP) is 4.80. The number of nitrogens with zero attached hydrogens (tertiary/aromatic N) is 1. The van der Waals surface area contributed by atoms with Gasteiger partial charge in [0.15, 0.2) is 0 Å². The minimum atomic E-state index is 0.771. The van der Waals surface area contributed by atoms with Crippen molar-refractivity contribution in [2.75, 3.05) is 5.73 Å².